The molecule has 1 aliphatic heterocycles. The first-order valence-corrected chi connectivity index (χ1v) is 8.80. The number of nitrogens with one attached hydrogen (secondary N) is 1. The molecule has 26 heavy (non-hydrogen) atoms. The molecule has 1 amide bonds. The van der Waals surface area contributed by atoms with Crippen molar-refractivity contribution in [1.29, 1.82) is 0 Å². The zero-order valence-corrected chi connectivity index (χ0v) is 15.0. The number of carboxylic acids is 1. The summed E-state index contributed by atoms with van der Waals surface area (Å²) in [4.78, 5) is 30.4. The molecule has 1 aliphatic rings. The lowest BCUT2D eigenvalue weighted by Gasteiger charge is -2.32. The van der Waals surface area contributed by atoms with E-state index in [2.05, 4.69) is 17.2 Å². The Morgan fingerprint density at radius 1 is 1.27 bits per heavy atom. The second-order valence-electron chi connectivity index (χ2n) is 6.91. The number of piperidine rings is 1. The number of aromatic carboxylic acids is 1. The quantitative estimate of drug-likeness (QED) is 0.878. The zero-order valence-electron chi connectivity index (χ0n) is 15.0. The van der Waals surface area contributed by atoms with Crippen LogP contribution in [0.25, 0.3) is 0 Å². The second-order valence-corrected chi connectivity index (χ2v) is 6.91. The number of rotatable bonds is 4. The third-order valence-electron chi connectivity index (χ3n) is 4.63. The van der Waals surface area contributed by atoms with Crippen LogP contribution >= 0.6 is 0 Å². The number of aromatic nitrogens is 1. The molecule has 1 fully saturated rings. The number of hydrogen-bond acceptors (Lipinski definition) is 4. The Morgan fingerprint density at radius 3 is 2.65 bits per heavy atom. The maximum atomic E-state index is 12.3. The summed E-state index contributed by atoms with van der Waals surface area (Å²) in [5.41, 5.74) is 2.07. The van der Waals surface area contributed by atoms with Gasteiger partial charge in [0.2, 0.25) is 0 Å². The van der Waals surface area contributed by atoms with Crippen molar-refractivity contribution in [3.63, 3.8) is 0 Å². The molecule has 3 rings (SSSR count). The normalized spacial score (nSPS) is 17.0. The molecule has 0 radical (unpaired) electrons. The molecule has 1 aromatic carbocycles. The fourth-order valence-electron chi connectivity index (χ4n) is 3.23. The molecule has 6 nitrogen and oxygen atoms in total. The van der Waals surface area contributed by atoms with E-state index in [0.717, 1.165) is 31.5 Å². The van der Waals surface area contributed by atoms with E-state index >= 15 is 0 Å². The molecule has 0 bridgehead atoms. The number of hydrogen-bond donors (Lipinski definition) is 2. The summed E-state index contributed by atoms with van der Waals surface area (Å²) in [6.07, 6.45) is 3.69. The first-order chi connectivity index (χ1) is 12.4. The van der Waals surface area contributed by atoms with E-state index in [4.69, 9.17) is 0 Å². The summed E-state index contributed by atoms with van der Waals surface area (Å²) < 4.78 is 0. The van der Waals surface area contributed by atoms with Gasteiger partial charge in [-0.15, -0.1) is 0 Å². The molecule has 0 spiro atoms. The lowest BCUT2D eigenvalue weighted by Crippen LogP contribution is -2.36. The Hall–Kier alpha value is -2.89. The van der Waals surface area contributed by atoms with Crippen LogP contribution in [0.15, 0.2) is 36.5 Å². The van der Waals surface area contributed by atoms with E-state index in [9.17, 15) is 14.7 Å². The summed E-state index contributed by atoms with van der Waals surface area (Å²) in [7, 11) is 0. The van der Waals surface area contributed by atoms with Crippen LogP contribution < -0.4 is 10.2 Å². The largest absolute Gasteiger partial charge is 0.478 e. The number of carbonyl (C=O) groups is 2. The number of carboxylic acid groups (broad SMARTS) is 1. The van der Waals surface area contributed by atoms with Crippen molar-refractivity contribution in [3.8, 4) is 0 Å². The molecule has 2 aromatic rings. The van der Waals surface area contributed by atoms with Crippen LogP contribution in [0.1, 0.15) is 46.0 Å². The average Bonchev–Trinajstić information content (AvgIpc) is 2.62. The highest BCUT2D eigenvalue weighted by Crippen LogP contribution is 2.26. The number of amides is 1. The highest BCUT2D eigenvalue weighted by atomic mass is 16.4. The molecule has 0 aliphatic carbocycles. The molecular formula is C20H23N3O3. The third-order valence-corrected chi connectivity index (χ3v) is 4.63. The van der Waals surface area contributed by atoms with Crippen molar-refractivity contribution in [2.24, 2.45) is 5.92 Å². The minimum absolute atomic E-state index is 0.112. The van der Waals surface area contributed by atoms with Crippen molar-refractivity contribution in [2.75, 3.05) is 23.3 Å². The first-order valence-electron chi connectivity index (χ1n) is 8.80. The molecule has 0 unspecified atom stereocenters. The van der Waals surface area contributed by atoms with Crippen LogP contribution in [0.2, 0.25) is 0 Å². The summed E-state index contributed by atoms with van der Waals surface area (Å²) in [5.74, 6) is -0.356. The van der Waals surface area contributed by atoms with E-state index in [1.807, 2.05) is 24.0 Å². The van der Waals surface area contributed by atoms with Crippen LogP contribution in [-0.4, -0.2) is 35.1 Å². The summed E-state index contributed by atoms with van der Waals surface area (Å²) >= 11 is 0. The van der Waals surface area contributed by atoms with Gasteiger partial charge in [-0.05, 0) is 43.9 Å². The van der Waals surface area contributed by atoms with Gasteiger partial charge in [0, 0.05) is 18.7 Å². The van der Waals surface area contributed by atoms with E-state index in [1.54, 1.807) is 12.1 Å². The summed E-state index contributed by atoms with van der Waals surface area (Å²) in [5, 5.41) is 12.3. The fraction of sp³-hybridized carbons (Fsp3) is 0.350. The highest BCUT2D eigenvalue weighted by molar-refractivity contribution is 6.05. The van der Waals surface area contributed by atoms with Gasteiger partial charge >= 0.3 is 5.97 Å². The molecule has 1 atom stereocenters. The van der Waals surface area contributed by atoms with E-state index < -0.39 is 5.97 Å². The van der Waals surface area contributed by atoms with E-state index in [0.29, 0.717) is 23.0 Å². The Balaban J connectivity index is 1.83. The van der Waals surface area contributed by atoms with Crippen molar-refractivity contribution in [1.82, 2.24) is 4.98 Å². The van der Waals surface area contributed by atoms with Crippen LogP contribution in [0.4, 0.5) is 11.5 Å². The van der Waals surface area contributed by atoms with Crippen LogP contribution in [-0.2, 0) is 0 Å². The predicted octanol–water partition coefficient (Wildman–Crippen LogP) is 3.58. The number of aryl methyl sites for hydroxylation is 1. The topological polar surface area (TPSA) is 82.5 Å². The fourth-order valence-corrected chi connectivity index (χ4v) is 3.23. The Morgan fingerprint density at radius 2 is 2.00 bits per heavy atom. The molecule has 1 aromatic heterocycles. The summed E-state index contributed by atoms with van der Waals surface area (Å²) in [6, 6.07) is 8.67. The van der Waals surface area contributed by atoms with Crippen molar-refractivity contribution >= 4 is 23.4 Å². The number of carbonyl (C=O) groups excluding carboxylic acids is 1. The van der Waals surface area contributed by atoms with E-state index in [1.165, 1.54) is 12.3 Å². The Kier molecular flexibility index (Phi) is 5.21. The maximum Gasteiger partial charge on any atom is 0.339 e. The third kappa shape index (κ3) is 4.02. The van der Waals surface area contributed by atoms with Crippen molar-refractivity contribution in [2.45, 2.75) is 26.7 Å². The standard InChI is InChI=1S/C20H23N3O3/c1-13-5-7-15(8-6-13)19(24)22-16-10-17(20(25)26)18(21-11-16)23-9-3-4-14(2)12-23/h5-8,10-11,14H,3-4,9,12H2,1-2H3,(H,22,24)(H,25,26)/t14-/m0/s1. The number of benzene rings is 1. The molecule has 2 heterocycles. The first kappa shape index (κ1) is 17.9. The second kappa shape index (κ2) is 7.56. The number of nitrogens with zero attached hydrogens (tertiary/aromatic N) is 2. The van der Waals surface area contributed by atoms with Crippen molar-refractivity contribution < 1.29 is 14.7 Å². The highest BCUT2D eigenvalue weighted by Gasteiger charge is 2.23. The molecule has 0 saturated carbocycles. The number of anilines is 2. The molecule has 1 saturated heterocycles. The molecule has 6 heteroatoms. The van der Waals surface area contributed by atoms with Crippen molar-refractivity contribution in [3.05, 3.63) is 53.2 Å². The Bertz CT molecular complexity index is 818. The van der Waals surface area contributed by atoms with Gasteiger partial charge in [0.25, 0.3) is 5.91 Å². The predicted molar refractivity (Wildman–Crippen MR) is 101 cm³/mol. The van der Waals surface area contributed by atoms with Crippen LogP contribution in [0.5, 0.6) is 0 Å². The maximum absolute atomic E-state index is 12.3. The molecular weight excluding hydrogens is 330 g/mol. The van der Waals surface area contributed by atoms with Gasteiger partial charge in [-0.2, -0.15) is 0 Å². The van der Waals surface area contributed by atoms with Gasteiger partial charge in [0.1, 0.15) is 11.4 Å². The van der Waals surface area contributed by atoms with E-state index in [-0.39, 0.29) is 11.5 Å². The monoisotopic (exact) mass is 353 g/mol. The lowest BCUT2D eigenvalue weighted by molar-refractivity contribution is 0.0696. The van der Waals surface area contributed by atoms with Crippen LogP contribution in [0, 0.1) is 12.8 Å². The van der Waals surface area contributed by atoms with Crippen LogP contribution in [0.3, 0.4) is 0 Å². The minimum Gasteiger partial charge on any atom is -0.478 e. The van der Waals surface area contributed by atoms with Gasteiger partial charge < -0.3 is 15.3 Å². The smallest absolute Gasteiger partial charge is 0.339 e. The van der Waals surface area contributed by atoms with Gasteiger partial charge in [0.05, 0.1) is 11.9 Å². The van der Waals surface area contributed by atoms with Gasteiger partial charge in [-0.3, -0.25) is 4.79 Å². The number of pyridine rings is 1. The minimum atomic E-state index is -1.04. The van der Waals surface area contributed by atoms with Gasteiger partial charge in [-0.1, -0.05) is 24.6 Å². The summed E-state index contributed by atoms with van der Waals surface area (Å²) in [6.45, 7) is 5.70. The zero-order chi connectivity index (χ0) is 18.7. The average molecular weight is 353 g/mol. The Labute approximate surface area is 152 Å². The van der Waals surface area contributed by atoms with Gasteiger partial charge in [0.15, 0.2) is 0 Å². The van der Waals surface area contributed by atoms with Gasteiger partial charge in [-0.25, -0.2) is 9.78 Å². The molecule has 136 valence electrons. The SMILES string of the molecule is Cc1ccc(C(=O)Nc2cnc(N3CCC[C@H](C)C3)c(C(=O)O)c2)cc1. The molecule has 2 N–H and O–H groups in total. The lowest BCUT2D eigenvalue weighted by atomic mass is 10.00.